The van der Waals surface area contributed by atoms with E-state index in [2.05, 4.69) is 47.0 Å². The largest absolute Gasteiger partial charge is 0.414 e. The Kier molecular flexibility index (Phi) is 7.11. The molecule has 1 N–H and O–H groups in total. The number of hydrogen-bond acceptors (Lipinski definition) is 5. The van der Waals surface area contributed by atoms with Gasteiger partial charge in [-0.1, -0.05) is 71.4 Å². The summed E-state index contributed by atoms with van der Waals surface area (Å²) >= 11 is 0. The van der Waals surface area contributed by atoms with Crippen molar-refractivity contribution in [2.24, 2.45) is 5.92 Å². The molecule has 1 aliphatic heterocycles. The van der Waals surface area contributed by atoms with Crippen molar-refractivity contribution < 1.29 is 17.6 Å². The molecule has 0 radical (unpaired) electrons. The number of rotatable bonds is 8. The average molecular weight is 479 g/mol. The summed E-state index contributed by atoms with van der Waals surface area (Å²) in [6, 6.07) is 6.58. The molecule has 2 aliphatic rings. The van der Waals surface area contributed by atoms with E-state index in [4.69, 9.17) is 4.43 Å². The number of aryl methyl sites for hydroxylation is 1. The van der Waals surface area contributed by atoms with Crippen LogP contribution >= 0.6 is 0 Å². The molecule has 2 atom stereocenters. The van der Waals surface area contributed by atoms with E-state index in [-0.39, 0.29) is 17.2 Å². The van der Waals surface area contributed by atoms with Gasteiger partial charge in [-0.05, 0) is 48.0 Å². The maximum Gasteiger partial charge on any atom is 0.280 e. The minimum absolute atomic E-state index is 0.0161. The highest BCUT2D eigenvalue weighted by atomic mass is 32.2. The molecule has 1 aromatic rings. The van der Waals surface area contributed by atoms with Crippen LogP contribution in [-0.2, 0) is 19.2 Å². The molecule has 0 aromatic heterocycles. The maximum atomic E-state index is 13.4. The van der Waals surface area contributed by atoms with E-state index in [1.807, 2.05) is 19.1 Å². The van der Waals surface area contributed by atoms with Gasteiger partial charge in [-0.25, -0.2) is 5.43 Å². The predicted octanol–water partition coefficient (Wildman–Crippen LogP) is 4.93. The maximum absolute atomic E-state index is 13.4. The molecule has 1 heterocycles. The van der Waals surface area contributed by atoms with Gasteiger partial charge in [0.2, 0.25) is 0 Å². The first-order chi connectivity index (χ1) is 14.9. The summed E-state index contributed by atoms with van der Waals surface area (Å²) in [5.41, 5.74) is 4.63. The van der Waals surface area contributed by atoms with Crippen LogP contribution in [0.4, 0.5) is 0 Å². The van der Waals surface area contributed by atoms with Crippen LogP contribution in [0.25, 0.3) is 0 Å². The normalized spacial score (nSPS) is 24.1. The molecule has 0 bridgehead atoms. The Labute approximate surface area is 194 Å². The summed E-state index contributed by atoms with van der Waals surface area (Å²) in [5, 5.41) is 0. The number of hydrazine groups is 1. The van der Waals surface area contributed by atoms with E-state index in [0.717, 1.165) is 16.4 Å². The summed E-state index contributed by atoms with van der Waals surface area (Å²) in [5.74, 6) is -0.437. The molecule has 1 fully saturated rings. The van der Waals surface area contributed by atoms with E-state index in [1.54, 1.807) is 24.3 Å². The van der Waals surface area contributed by atoms with Gasteiger partial charge >= 0.3 is 0 Å². The zero-order valence-electron chi connectivity index (χ0n) is 20.4. The summed E-state index contributed by atoms with van der Waals surface area (Å²) in [4.78, 5) is 13.0. The zero-order chi connectivity index (χ0) is 23.9. The number of nitrogens with one attached hydrogen (secondary N) is 1. The van der Waals surface area contributed by atoms with Crippen molar-refractivity contribution in [3.8, 4) is 0 Å². The van der Waals surface area contributed by atoms with Crippen LogP contribution in [0, 0.1) is 12.8 Å². The molecular formula is C24H38N2O4SSi. The standard InChI is InChI=1S/C24H38N2O4SSi/c1-17(2)32(18(3)4,19(5)6)30-16-24-14-8-9-21(24)15-23(27)26(25-24)31(28,29)22-12-10-20(7)11-13-22/h8,10-14,17-19,21,25H,9,15-16H2,1-7H3/t21-,24+/m1/s1. The van der Waals surface area contributed by atoms with E-state index in [0.29, 0.717) is 23.2 Å². The van der Waals surface area contributed by atoms with Crippen LogP contribution in [0.5, 0.6) is 0 Å². The van der Waals surface area contributed by atoms with Gasteiger partial charge in [0.15, 0.2) is 8.32 Å². The summed E-state index contributed by atoms with van der Waals surface area (Å²) < 4.78 is 34.4. The number of carbonyl (C=O) groups is 1. The number of sulfonamides is 1. The van der Waals surface area contributed by atoms with Crippen LogP contribution < -0.4 is 5.43 Å². The predicted molar refractivity (Wildman–Crippen MR) is 130 cm³/mol. The van der Waals surface area contributed by atoms with Crippen molar-refractivity contribution in [3.05, 3.63) is 42.0 Å². The number of allylic oxidation sites excluding steroid dienone is 1. The third kappa shape index (κ3) is 4.22. The first kappa shape index (κ1) is 25.1. The van der Waals surface area contributed by atoms with Gasteiger partial charge in [-0.3, -0.25) is 4.79 Å². The van der Waals surface area contributed by atoms with E-state index in [1.165, 1.54) is 0 Å². The van der Waals surface area contributed by atoms with Gasteiger partial charge in [0.25, 0.3) is 15.9 Å². The van der Waals surface area contributed by atoms with E-state index >= 15 is 0 Å². The molecule has 1 amide bonds. The van der Waals surface area contributed by atoms with Crippen molar-refractivity contribution in [2.45, 2.75) is 88.4 Å². The van der Waals surface area contributed by atoms with Crippen LogP contribution in [0.1, 0.15) is 59.9 Å². The van der Waals surface area contributed by atoms with Crippen LogP contribution in [0.15, 0.2) is 41.3 Å². The molecule has 8 heteroatoms. The number of carbonyl (C=O) groups excluding carboxylic acids is 1. The third-order valence-corrected chi connectivity index (χ3v) is 15.1. The molecule has 1 saturated heterocycles. The van der Waals surface area contributed by atoms with Crippen molar-refractivity contribution in [1.82, 2.24) is 9.84 Å². The molecule has 0 unspecified atom stereocenters. The van der Waals surface area contributed by atoms with Crippen LogP contribution in [-0.4, -0.2) is 39.2 Å². The van der Waals surface area contributed by atoms with Gasteiger partial charge in [-0.15, -0.1) is 0 Å². The average Bonchev–Trinajstić information content (AvgIpc) is 3.10. The zero-order valence-corrected chi connectivity index (χ0v) is 22.2. The fourth-order valence-electron chi connectivity index (χ4n) is 5.68. The van der Waals surface area contributed by atoms with Gasteiger partial charge in [0.1, 0.15) is 0 Å². The van der Waals surface area contributed by atoms with Crippen LogP contribution in [0.3, 0.4) is 0 Å². The number of fused-ring (bicyclic) bond motifs is 1. The monoisotopic (exact) mass is 478 g/mol. The second kappa shape index (κ2) is 9.04. The highest BCUT2D eigenvalue weighted by Gasteiger charge is 2.53. The summed E-state index contributed by atoms with van der Waals surface area (Å²) in [6.45, 7) is 15.7. The Morgan fingerprint density at radius 2 is 1.66 bits per heavy atom. The quantitative estimate of drug-likeness (QED) is 0.424. The molecular weight excluding hydrogens is 440 g/mol. The summed E-state index contributed by atoms with van der Waals surface area (Å²) in [7, 11) is -6.17. The SMILES string of the molecule is Cc1ccc(S(=O)(=O)N2N[C@]3(CO[Si](C(C)C)(C(C)C)C(C)C)C=CC[C@@H]3CC2=O)cc1. The lowest BCUT2D eigenvalue weighted by Gasteiger charge is -2.48. The Morgan fingerprint density at radius 1 is 1.09 bits per heavy atom. The van der Waals surface area contributed by atoms with Crippen molar-refractivity contribution in [2.75, 3.05) is 6.61 Å². The number of nitrogens with zero attached hydrogens (tertiary/aromatic N) is 1. The molecule has 0 saturated carbocycles. The number of benzene rings is 1. The highest BCUT2D eigenvalue weighted by molar-refractivity contribution is 7.89. The van der Waals surface area contributed by atoms with Gasteiger partial charge in [0, 0.05) is 6.42 Å². The highest BCUT2D eigenvalue weighted by Crippen LogP contribution is 2.45. The Morgan fingerprint density at radius 3 is 2.19 bits per heavy atom. The van der Waals surface area contributed by atoms with E-state index < -0.39 is 29.8 Å². The fraction of sp³-hybridized carbons (Fsp3) is 0.625. The first-order valence-corrected chi connectivity index (χ1v) is 15.2. The third-order valence-electron chi connectivity index (χ3n) is 7.35. The number of amides is 1. The number of hydrogen-bond donors (Lipinski definition) is 1. The Hall–Kier alpha value is -1.48. The lowest BCUT2D eigenvalue weighted by atomic mass is 9.84. The Bertz CT molecular complexity index is 950. The van der Waals surface area contributed by atoms with Crippen molar-refractivity contribution >= 4 is 24.2 Å². The lowest BCUT2D eigenvalue weighted by Crippen LogP contribution is -2.67. The smallest absolute Gasteiger partial charge is 0.280 e. The molecule has 1 aliphatic carbocycles. The molecule has 0 spiro atoms. The van der Waals surface area contributed by atoms with Crippen molar-refractivity contribution in [3.63, 3.8) is 0 Å². The molecule has 32 heavy (non-hydrogen) atoms. The second-order valence-electron chi connectivity index (χ2n) is 10.3. The van der Waals surface area contributed by atoms with E-state index in [9.17, 15) is 13.2 Å². The summed E-state index contributed by atoms with van der Waals surface area (Å²) in [6.07, 6.45) is 4.97. The fourth-order valence-corrected chi connectivity index (χ4v) is 12.5. The van der Waals surface area contributed by atoms with Crippen molar-refractivity contribution in [1.29, 1.82) is 0 Å². The van der Waals surface area contributed by atoms with Crippen LogP contribution in [0.2, 0.25) is 16.6 Å². The minimum atomic E-state index is -4.01. The first-order valence-electron chi connectivity index (χ1n) is 11.6. The molecule has 178 valence electrons. The van der Waals surface area contributed by atoms with Gasteiger partial charge < -0.3 is 4.43 Å². The Balaban J connectivity index is 1.94. The van der Waals surface area contributed by atoms with Gasteiger partial charge in [0.05, 0.1) is 17.0 Å². The lowest BCUT2D eigenvalue weighted by molar-refractivity contribution is -0.136. The van der Waals surface area contributed by atoms with Gasteiger partial charge in [-0.2, -0.15) is 12.8 Å². The molecule has 1 aromatic carbocycles. The molecule has 3 rings (SSSR count). The second-order valence-corrected chi connectivity index (χ2v) is 17.5. The minimum Gasteiger partial charge on any atom is -0.414 e. The molecule has 6 nitrogen and oxygen atoms in total. The topological polar surface area (TPSA) is 75.7 Å².